The second-order valence-electron chi connectivity index (χ2n) is 10.6. The smallest absolute Gasteiger partial charge is 0.308 e. The van der Waals surface area contributed by atoms with Gasteiger partial charge in [-0.15, -0.1) is 0 Å². The third-order valence-electron chi connectivity index (χ3n) is 7.89. The number of benzene rings is 4. The Hall–Kier alpha value is -3.86. The van der Waals surface area contributed by atoms with Gasteiger partial charge in [0.15, 0.2) is 0 Å². The Morgan fingerprint density at radius 1 is 0.778 bits per heavy atom. The number of aromatic nitrogens is 2. The summed E-state index contributed by atoms with van der Waals surface area (Å²) in [6.45, 7) is 4.68. The number of fused-ring (bicyclic) bond motifs is 7. The maximum Gasteiger partial charge on any atom is 0.394 e. The lowest BCUT2D eigenvalue weighted by Crippen LogP contribution is -2.34. The molecule has 0 saturated heterocycles. The SMILES string of the molecule is Cc1c2ccccc2cc2c3nccc4ccc5c6cc(CC(C)(C)C(F)(F)F)ccc6n(c12)c5c43. The van der Waals surface area contributed by atoms with Gasteiger partial charge in [0.2, 0.25) is 0 Å². The van der Waals surface area contributed by atoms with Gasteiger partial charge in [-0.05, 0) is 64.9 Å². The molecule has 2 nitrogen and oxygen atoms in total. The molecule has 7 aromatic rings. The molecule has 0 aliphatic carbocycles. The summed E-state index contributed by atoms with van der Waals surface area (Å²) in [5.41, 5.74) is 4.16. The molecule has 0 atom stereocenters. The van der Waals surface area contributed by atoms with Crippen molar-refractivity contribution in [2.45, 2.75) is 33.4 Å². The molecule has 0 aliphatic rings. The van der Waals surface area contributed by atoms with Gasteiger partial charge in [-0.1, -0.05) is 56.3 Å². The van der Waals surface area contributed by atoms with Crippen LogP contribution >= 0.6 is 0 Å². The van der Waals surface area contributed by atoms with Crippen molar-refractivity contribution in [1.82, 2.24) is 9.38 Å². The minimum absolute atomic E-state index is 0.0697. The van der Waals surface area contributed by atoms with E-state index in [-0.39, 0.29) is 6.42 Å². The maximum atomic E-state index is 13.7. The fraction of sp³-hybridized carbons (Fsp3) is 0.194. The summed E-state index contributed by atoms with van der Waals surface area (Å²) in [6, 6.07) is 22.6. The molecule has 36 heavy (non-hydrogen) atoms. The molecular weight excluding hydrogens is 457 g/mol. The minimum Gasteiger partial charge on any atom is -0.308 e. The largest absolute Gasteiger partial charge is 0.394 e. The summed E-state index contributed by atoms with van der Waals surface area (Å²) in [5.74, 6) is 0. The average molecular weight is 481 g/mol. The van der Waals surface area contributed by atoms with Crippen molar-refractivity contribution in [2.75, 3.05) is 0 Å². The van der Waals surface area contributed by atoms with E-state index in [4.69, 9.17) is 4.98 Å². The van der Waals surface area contributed by atoms with Crippen LogP contribution in [0.4, 0.5) is 13.2 Å². The first kappa shape index (κ1) is 21.4. The van der Waals surface area contributed by atoms with E-state index in [9.17, 15) is 13.2 Å². The molecule has 0 aliphatic heterocycles. The predicted molar refractivity (Wildman–Crippen MR) is 142 cm³/mol. The van der Waals surface area contributed by atoms with Gasteiger partial charge in [-0.25, -0.2) is 0 Å². The quantitative estimate of drug-likeness (QED) is 0.178. The molecule has 0 amide bonds. The van der Waals surface area contributed by atoms with Crippen LogP contribution in [-0.4, -0.2) is 15.6 Å². The number of nitrogens with zero attached hydrogens (tertiary/aromatic N) is 2. The third-order valence-corrected chi connectivity index (χ3v) is 7.89. The molecule has 0 spiro atoms. The van der Waals surface area contributed by atoms with Gasteiger partial charge in [0.25, 0.3) is 0 Å². The summed E-state index contributed by atoms with van der Waals surface area (Å²) < 4.78 is 43.3. The summed E-state index contributed by atoms with van der Waals surface area (Å²) in [6.07, 6.45) is -2.49. The van der Waals surface area contributed by atoms with Gasteiger partial charge in [-0.3, -0.25) is 4.98 Å². The number of alkyl halides is 3. The minimum atomic E-state index is -4.27. The zero-order chi connectivity index (χ0) is 25.0. The molecule has 4 aromatic carbocycles. The molecule has 5 heteroatoms. The van der Waals surface area contributed by atoms with Crippen molar-refractivity contribution >= 4 is 59.8 Å². The highest BCUT2D eigenvalue weighted by atomic mass is 19.4. The molecule has 0 N–H and O–H groups in total. The van der Waals surface area contributed by atoms with Crippen LogP contribution in [0, 0.1) is 12.3 Å². The average Bonchev–Trinajstić information content (AvgIpc) is 3.17. The summed E-state index contributed by atoms with van der Waals surface area (Å²) in [5, 5.41) is 7.63. The second kappa shape index (κ2) is 6.88. The number of rotatable bonds is 2. The number of pyridine rings is 2. The molecule has 0 fully saturated rings. The van der Waals surface area contributed by atoms with Crippen LogP contribution < -0.4 is 0 Å². The predicted octanol–water partition coefficient (Wildman–Crippen LogP) is 8.98. The van der Waals surface area contributed by atoms with Crippen molar-refractivity contribution in [1.29, 1.82) is 0 Å². The second-order valence-corrected chi connectivity index (χ2v) is 10.6. The van der Waals surface area contributed by atoms with E-state index in [0.29, 0.717) is 5.56 Å². The summed E-state index contributed by atoms with van der Waals surface area (Å²) >= 11 is 0. The van der Waals surface area contributed by atoms with E-state index in [1.807, 2.05) is 36.5 Å². The van der Waals surface area contributed by atoms with Crippen LogP contribution in [0.2, 0.25) is 0 Å². The normalized spacial score (nSPS) is 13.4. The van der Waals surface area contributed by atoms with E-state index in [1.54, 1.807) is 0 Å². The van der Waals surface area contributed by atoms with Gasteiger partial charge >= 0.3 is 6.18 Å². The van der Waals surface area contributed by atoms with Gasteiger partial charge in [0.05, 0.1) is 27.5 Å². The molecule has 3 aromatic heterocycles. The Labute approximate surface area is 205 Å². The first-order valence-electron chi connectivity index (χ1n) is 12.1. The number of hydrogen-bond donors (Lipinski definition) is 0. The molecule has 178 valence electrons. The van der Waals surface area contributed by atoms with Crippen molar-refractivity contribution in [3.05, 3.63) is 84.1 Å². The van der Waals surface area contributed by atoms with Crippen molar-refractivity contribution in [2.24, 2.45) is 5.41 Å². The molecule has 0 unspecified atom stereocenters. The maximum absolute atomic E-state index is 13.7. The molecule has 0 saturated carbocycles. The summed E-state index contributed by atoms with van der Waals surface area (Å²) in [4.78, 5) is 4.83. The third kappa shape index (κ3) is 2.71. The Morgan fingerprint density at radius 3 is 2.39 bits per heavy atom. The van der Waals surface area contributed by atoms with E-state index in [2.05, 4.69) is 47.7 Å². The zero-order valence-corrected chi connectivity index (χ0v) is 20.2. The monoisotopic (exact) mass is 480 g/mol. The van der Waals surface area contributed by atoms with Crippen molar-refractivity contribution < 1.29 is 13.2 Å². The number of hydrogen-bond acceptors (Lipinski definition) is 1. The molecule has 0 radical (unpaired) electrons. The van der Waals surface area contributed by atoms with Crippen LogP contribution in [-0.2, 0) is 6.42 Å². The fourth-order valence-corrected chi connectivity index (χ4v) is 5.96. The Balaban J connectivity index is 1.67. The molecule has 0 bridgehead atoms. The lowest BCUT2D eigenvalue weighted by molar-refractivity contribution is -0.211. The van der Waals surface area contributed by atoms with Crippen LogP contribution in [0.1, 0.15) is 25.0 Å². The van der Waals surface area contributed by atoms with Crippen molar-refractivity contribution in [3.63, 3.8) is 0 Å². The fourth-order valence-electron chi connectivity index (χ4n) is 5.96. The Kier molecular flexibility index (Phi) is 4.09. The molecule has 7 rings (SSSR count). The van der Waals surface area contributed by atoms with Gasteiger partial charge < -0.3 is 4.40 Å². The number of aryl methyl sites for hydroxylation is 1. The molecule has 3 heterocycles. The highest BCUT2D eigenvalue weighted by Crippen LogP contribution is 2.44. The van der Waals surface area contributed by atoms with Gasteiger partial charge in [0.1, 0.15) is 0 Å². The summed E-state index contributed by atoms with van der Waals surface area (Å²) in [7, 11) is 0. The highest BCUT2D eigenvalue weighted by molar-refractivity contribution is 6.28. The first-order chi connectivity index (χ1) is 17.2. The Bertz CT molecular complexity index is 1990. The lowest BCUT2D eigenvalue weighted by Gasteiger charge is -2.27. The van der Waals surface area contributed by atoms with E-state index in [1.165, 1.54) is 19.2 Å². The van der Waals surface area contributed by atoms with E-state index in [0.717, 1.165) is 59.9 Å². The van der Waals surface area contributed by atoms with Gasteiger partial charge in [0, 0.05) is 27.7 Å². The molecular formula is C31H23F3N2. The van der Waals surface area contributed by atoms with Crippen LogP contribution in [0.5, 0.6) is 0 Å². The highest BCUT2D eigenvalue weighted by Gasteiger charge is 2.47. The topological polar surface area (TPSA) is 17.3 Å². The lowest BCUT2D eigenvalue weighted by atomic mass is 9.85. The zero-order valence-electron chi connectivity index (χ0n) is 20.2. The van der Waals surface area contributed by atoms with Crippen LogP contribution in [0.25, 0.3) is 59.8 Å². The van der Waals surface area contributed by atoms with Crippen LogP contribution in [0.15, 0.2) is 72.9 Å². The standard InChI is InChI=1S/C31H23F3N2/c1-17-21-7-5-4-6-20(21)15-24-27-26-19(12-13-35-27)9-10-22-23-14-18(16-30(2,3)31(32,33)34)8-11-25(23)36(28(17)24)29(22)26/h4-15H,16H2,1-3H3. The van der Waals surface area contributed by atoms with Crippen molar-refractivity contribution in [3.8, 4) is 0 Å². The van der Waals surface area contributed by atoms with Crippen LogP contribution in [0.3, 0.4) is 0 Å². The Morgan fingerprint density at radius 2 is 1.58 bits per heavy atom. The first-order valence-corrected chi connectivity index (χ1v) is 12.1. The number of halogens is 3. The van der Waals surface area contributed by atoms with Gasteiger partial charge in [-0.2, -0.15) is 13.2 Å². The van der Waals surface area contributed by atoms with E-state index < -0.39 is 11.6 Å². The van der Waals surface area contributed by atoms with E-state index >= 15 is 0 Å².